The summed E-state index contributed by atoms with van der Waals surface area (Å²) in [5, 5.41) is 14.7. The standard InChI is InChI=1S/C23H28ClN3O6S/c1-23(2,3)33-22(28)25-18-9-11-26(12-10-18)19-7-8-21(27(29)30)16(13-19)15-34(31,32)20-6-4-5-17(24)14-20/h4-8,13-14,18H,9-12,15H2,1-3H3,(H,25,28). The van der Waals surface area contributed by atoms with Crippen LogP contribution in [0.4, 0.5) is 16.2 Å². The summed E-state index contributed by atoms with van der Waals surface area (Å²) in [7, 11) is -3.85. The van der Waals surface area contributed by atoms with Crippen molar-refractivity contribution in [1.82, 2.24) is 5.32 Å². The predicted molar refractivity (Wildman–Crippen MR) is 130 cm³/mol. The molecule has 2 aromatic rings. The molecule has 184 valence electrons. The van der Waals surface area contributed by atoms with Crippen LogP contribution in [0.1, 0.15) is 39.2 Å². The summed E-state index contributed by atoms with van der Waals surface area (Å²) in [5.74, 6) is -0.520. The number of ether oxygens (including phenoxy) is 1. The lowest BCUT2D eigenvalue weighted by Gasteiger charge is -2.34. The molecule has 0 aliphatic carbocycles. The first-order chi connectivity index (χ1) is 15.8. The number of nitrogens with zero attached hydrogens (tertiary/aromatic N) is 2. The Morgan fingerprint density at radius 2 is 1.88 bits per heavy atom. The molecule has 3 rings (SSSR count). The van der Waals surface area contributed by atoms with E-state index in [-0.39, 0.29) is 27.2 Å². The Balaban J connectivity index is 1.74. The summed E-state index contributed by atoms with van der Waals surface area (Å²) in [4.78, 5) is 25.0. The number of nitro benzene ring substituents is 1. The smallest absolute Gasteiger partial charge is 0.407 e. The van der Waals surface area contributed by atoms with Crippen LogP contribution in [0.2, 0.25) is 5.02 Å². The van der Waals surface area contributed by atoms with Gasteiger partial charge < -0.3 is 15.0 Å². The van der Waals surface area contributed by atoms with Crippen LogP contribution in [0.25, 0.3) is 0 Å². The zero-order valence-electron chi connectivity index (χ0n) is 19.3. The molecule has 0 spiro atoms. The minimum Gasteiger partial charge on any atom is -0.444 e. The second-order valence-electron chi connectivity index (χ2n) is 9.19. The summed E-state index contributed by atoms with van der Waals surface area (Å²) in [5.41, 5.74) is -0.0318. The van der Waals surface area contributed by atoms with Gasteiger partial charge in [-0.3, -0.25) is 10.1 Å². The summed E-state index contributed by atoms with van der Waals surface area (Å²) in [6.07, 6.45) is 0.855. The number of piperidine rings is 1. The number of sulfone groups is 1. The maximum absolute atomic E-state index is 12.9. The average Bonchev–Trinajstić information content (AvgIpc) is 2.72. The number of halogens is 1. The SMILES string of the molecule is CC(C)(C)OC(=O)NC1CCN(c2ccc([N+](=O)[O-])c(CS(=O)(=O)c3cccc(Cl)c3)c2)CC1. The summed E-state index contributed by atoms with van der Waals surface area (Å²) < 4.78 is 31.1. The molecule has 1 fully saturated rings. The number of nitro groups is 1. The number of alkyl carbamates (subject to hydrolysis) is 1. The third kappa shape index (κ3) is 6.83. The summed E-state index contributed by atoms with van der Waals surface area (Å²) in [6, 6.07) is 10.3. The predicted octanol–water partition coefficient (Wildman–Crippen LogP) is 4.72. The Kier molecular flexibility index (Phi) is 7.72. The van der Waals surface area contributed by atoms with E-state index in [1.54, 1.807) is 39.0 Å². The maximum Gasteiger partial charge on any atom is 0.407 e. The van der Waals surface area contributed by atoms with Gasteiger partial charge in [0.25, 0.3) is 5.69 Å². The van der Waals surface area contributed by atoms with Gasteiger partial charge in [0.05, 0.1) is 15.6 Å². The largest absolute Gasteiger partial charge is 0.444 e. The third-order valence-corrected chi connectivity index (χ3v) is 7.24. The molecule has 1 saturated heterocycles. The van der Waals surface area contributed by atoms with Crippen LogP contribution in [0.15, 0.2) is 47.4 Å². The first-order valence-corrected chi connectivity index (χ1v) is 12.9. The molecule has 0 saturated carbocycles. The molecule has 0 bridgehead atoms. The van der Waals surface area contributed by atoms with E-state index in [2.05, 4.69) is 5.32 Å². The monoisotopic (exact) mass is 509 g/mol. The van der Waals surface area contributed by atoms with Gasteiger partial charge in [0.1, 0.15) is 5.60 Å². The van der Waals surface area contributed by atoms with Crippen molar-refractivity contribution in [3.63, 3.8) is 0 Å². The Morgan fingerprint density at radius 3 is 2.47 bits per heavy atom. The number of nitrogens with one attached hydrogen (secondary N) is 1. The van der Waals surface area contributed by atoms with E-state index in [0.29, 0.717) is 31.6 Å². The second kappa shape index (κ2) is 10.2. The fraction of sp³-hybridized carbons (Fsp3) is 0.435. The van der Waals surface area contributed by atoms with E-state index < -0.39 is 32.2 Å². The molecule has 1 aliphatic heterocycles. The van der Waals surface area contributed by atoms with Crippen molar-refractivity contribution >= 4 is 38.9 Å². The van der Waals surface area contributed by atoms with Gasteiger partial charge in [0, 0.05) is 41.5 Å². The zero-order chi connectivity index (χ0) is 25.1. The van der Waals surface area contributed by atoms with Gasteiger partial charge in [0.2, 0.25) is 0 Å². The van der Waals surface area contributed by atoms with Gasteiger partial charge in [-0.1, -0.05) is 17.7 Å². The first-order valence-electron chi connectivity index (χ1n) is 10.8. The average molecular weight is 510 g/mol. The van der Waals surface area contributed by atoms with Crippen LogP contribution in [-0.2, 0) is 20.3 Å². The Hall–Kier alpha value is -2.85. The molecule has 11 heteroatoms. The lowest BCUT2D eigenvalue weighted by Crippen LogP contribution is -2.46. The number of carbonyl (C=O) groups is 1. The van der Waals surface area contributed by atoms with Gasteiger partial charge in [0.15, 0.2) is 9.84 Å². The van der Waals surface area contributed by atoms with E-state index in [1.165, 1.54) is 24.3 Å². The number of amides is 1. The molecule has 0 unspecified atom stereocenters. The molecular formula is C23H28ClN3O6S. The Bertz CT molecular complexity index is 1170. The van der Waals surface area contributed by atoms with Crippen molar-refractivity contribution in [3.05, 3.63) is 63.2 Å². The molecule has 9 nitrogen and oxygen atoms in total. The van der Waals surface area contributed by atoms with Crippen molar-refractivity contribution in [2.45, 2.75) is 55.9 Å². The van der Waals surface area contributed by atoms with Crippen LogP contribution >= 0.6 is 11.6 Å². The molecule has 1 amide bonds. The second-order valence-corrected chi connectivity index (χ2v) is 11.6. The number of hydrogen-bond donors (Lipinski definition) is 1. The number of anilines is 1. The fourth-order valence-electron chi connectivity index (χ4n) is 3.77. The summed E-state index contributed by atoms with van der Waals surface area (Å²) in [6.45, 7) is 6.59. The van der Waals surface area contributed by atoms with Gasteiger partial charge in [-0.25, -0.2) is 13.2 Å². The third-order valence-electron chi connectivity index (χ3n) is 5.34. The van der Waals surface area contributed by atoms with Crippen molar-refractivity contribution < 1.29 is 22.9 Å². The lowest BCUT2D eigenvalue weighted by molar-refractivity contribution is -0.385. The number of rotatable bonds is 6. The maximum atomic E-state index is 12.9. The topological polar surface area (TPSA) is 119 Å². The molecule has 1 aliphatic rings. The molecule has 0 aromatic heterocycles. The minimum absolute atomic E-state index is 0.00809. The first kappa shape index (κ1) is 25.8. The van der Waals surface area contributed by atoms with E-state index in [0.717, 1.165) is 0 Å². The number of carbonyl (C=O) groups excluding carboxylic acids is 1. The van der Waals surface area contributed by atoms with E-state index in [4.69, 9.17) is 16.3 Å². The highest BCUT2D eigenvalue weighted by Gasteiger charge is 2.27. The van der Waals surface area contributed by atoms with Crippen LogP contribution in [0, 0.1) is 10.1 Å². The van der Waals surface area contributed by atoms with E-state index in [9.17, 15) is 23.3 Å². The molecule has 0 atom stereocenters. The van der Waals surface area contributed by atoms with E-state index >= 15 is 0 Å². The lowest BCUT2D eigenvalue weighted by atomic mass is 10.0. The molecule has 34 heavy (non-hydrogen) atoms. The van der Waals surface area contributed by atoms with Crippen molar-refractivity contribution in [3.8, 4) is 0 Å². The van der Waals surface area contributed by atoms with Crippen LogP contribution < -0.4 is 10.2 Å². The zero-order valence-corrected chi connectivity index (χ0v) is 20.9. The molecule has 0 radical (unpaired) electrons. The fourth-order valence-corrected chi connectivity index (χ4v) is 5.42. The minimum atomic E-state index is -3.85. The molecular weight excluding hydrogens is 482 g/mol. The molecule has 1 N–H and O–H groups in total. The van der Waals surface area contributed by atoms with Gasteiger partial charge >= 0.3 is 6.09 Å². The normalized spacial score (nSPS) is 15.1. The van der Waals surface area contributed by atoms with Crippen LogP contribution in [-0.4, -0.2) is 44.2 Å². The Labute approximate surface area is 204 Å². The highest BCUT2D eigenvalue weighted by molar-refractivity contribution is 7.90. The van der Waals surface area contributed by atoms with Gasteiger partial charge in [-0.15, -0.1) is 0 Å². The number of benzene rings is 2. The van der Waals surface area contributed by atoms with Crippen LogP contribution in [0.3, 0.4) is 0 Å². The number of hydrogen-bond acceptors (Lipinski definition) is 7. The van der Waals surface area contributed by atoms with E-state index in [1.807, 2.05) is 4.90 Å². The van der Waals surface area contributed by atoms with Crippen molar-refractivity contribution in [2.75, 3.05) is 18.0 Å². The highest BCUT2D eigenvalue weighted by Crippen LogP contribution is 2.30. The molecule has 1 heterocycles. The van der Waals surface area contributed by atoms with Crippen molar-refractivity contribution in [2.24, 2.45) is 0 Å². The highest BCUT2D eigenvalue weighted by atomic mass is 35.5. The quantitative estimate of drug-likeness (QED) is 0.442. The summed E-state index contributed by atoms with van der Waals surface area (Å²) >= 11 is 5.92. The molecule has 2 aromatic carbocycles. The van der Waals surface area contributed by atoms with Crippen molar-refractivity contribution in [1.29, 1.82) is 0 Å². The van der Waals surface area contributed by atoms with Gasteiger partial charge in [-0.05, 0) is 63.9 Å². The van der Waals surface area contributed by atoms with Gasteiger partial charge in [-0.2, -0.15) is 0 Å². The Morgan fingerprint density at radius 1 is 1.21 bits per heavy atom. The van der Waals surface area contributed by atoms with Crippen LogP contribution in [0.5, 0.6) is 0 Å².